The summed E-state index contributed by atoms with van der Waals surface area (Å²) in [6.45, 7) is 6.34. The fourth-order valence-corrected chi connectivity index (χ4v) is 3.82. The number of rotatable bonds is 3. The summed E-state index contributed by atoms with van der Waals surface area (Å²) in [6, 6.07) is 12.5. The lowest BCUT2D eigenvalue weighted by Gasteiger charge is -2.01. The first-order chi connectivity index (χ1) is 11.5. The molecule has 0 bridgehead atoms. The average molecular weight is 338 g/mol. The van der Waals surface area contributed by atoms with E-state index >= 15 is 0 Å². The molecular formula is C20H22N2OS. The van der Waals surface area contributed by atoms with Crippen molar-refractivity contribution >= 4 is 27.5 Å². The molecule has 0 unspecified atom stereocenters. The van der Waals surface area contributed by atoms with E-state index in [1.165, 1.54) is 21.4 Å². The van der Waals surface area contributed by atoms with Crippen molar-refractivity contribution in [3.63, 3.8) is 0 Å². The topological polar surface area (TPSA) is 34.4 Å². The van der Waals surface area contributed by atoms with E-state index in [9.17, 15) is 4.79 Å². The van der Waals surface area contributed by atoms with E-state index in [1.807, 2.05) is 23.7 Å². The third kappa shape index (κ3) is 3.34. The van der Waals surface area contributed by atoms with Crippen LogP contribution >= 0.6 is 11.3 Å². The molecule has 3 aromatic rings. The van der Waals surface area contributed by atoms with Crippen LogP contribution in [0, 0.1) is 13.8 Å². The van der Waals surface area contributed by atoms with Crippen LogP contribution in [-0.2, 0) is 24.7 Å². The summed E-state index contributed by atoms with van der Waals surface area (Å²) in [4.78, 5) is 17.4. The SMILES string of the molecule is CCc1ccc(CC(=O)N=c2sc3cc(C)c(C)cc3n2C)cc1. The number of aromatic nitrogens is 1. The van der Waals surface area contributed by atoms with Crippen molar-refractivity contribution < 1.29 is 4.79 Å². The van der Waals surface area contributed by atoms with Gasteiger partial charge in [-0.15, -0.1) is 0 Å². The summed E-state index contributed by atoms with van der Waals surface area (Å²) >= 11 is 1.57. The summed E-state index contributed by atoms with van der Waals surface area (Å²) in [6.07, 6.45) is 1.35. The second-order valence-corrected chi connectivity index (χ2v) is 7.21. The van der Waals surface area contributed by atoms with Crippen LogP contribution in [0.5, 0.6) is 0 Å². The summed E-state index contributed by atoms with van der Waals surface area (Å²) in [5.41, 5.74) is 5.94. The lowest BCUT2D eigenvalue weighted by atomic mass is 10.1. The third-order valence-corrected chi connectivity index (χ3v) is 5.53. The van der Waals surface area contributed by atoms with E-state index in [4.69, 9.17) is 0 Å². The number of thiazole rings is 1. The summed E-state index contributed by atoms with van der Waals surface area (Å²) < 4.78 is 3.17. The number of fused-ring (bicyclic) bond motifs is 1. The van der Waals surface area contributed by atoms with Crippen LogP contribution in [0.3, 0.4) is 0 Å². The van der Waals surface area contributed by atoms with Gasteiger partial charge in [0.2, 0.25) is 0 Å². The Bertz CT molecular complexity index is 962. The van der Waals surface area contributed by atoms with Crippen molar-refractivity contribution in [1.82, 2.24) is 4.57 Å². The predicted molar refractivity (Wildman–Crippen MR) is 100 cm³/mol. The molecule has 1 heterocycles. The van der Waals surface area contributed by atoms with E-state index in [0.29, 0.717) is 6.42 Å². The second-order valence-electron chi connectivity index (χ2n) is 6.20. The Balaban J connectivity index is 1.91. The normalized spacial score (nSPS) is 12.1. The number of carbonyl (C=O) groups excluding carboxylic acids is 1. The van der Waals surface area contributed by atoms with Gasteiger partial charge in [0.1, 0.15) is 0 Å². The number of hydrogen-bond acceptors (Lipinski definition) is 2. The first-order valence-corrected chi connectivity index (χ1v) is 9.01. The van der Waals surface area contributed by atoms with Crippen LogP contribution in [0.25, 0.3) is 10.2 Å². The predicted octanol–water partition coefficient (Wildman–Crippen LogP) is 4.09. The first kappa shape index (κ1) is 16.7. The van der Waals surface area contributed by atoms with Crippen molar-refractivity contribution in [3.05, 3.63) is 63.5 Å². The highest BCUT2D eigenvalue weighted by atomic mass is 32.1. The molecule has 0 atom stereocenters. The Hall–Kier alpha value is -2.20. The molecule has 4 heteroatoms. The smallest absolute Gasteiger partial charge is 0.252 e. The fraction of sp³-hybridized carbons (Fsp3) is 0.300. The molecule has 124 valence electrons. The molecule has 0 aliphatic heterocycles. The van der Waals surface area contributed by atoms with Crippen LogP contribution < -0.4 is 4.80 Å². The van der Waals surface area contributed by atoms with Gasteiger partial charge in [0, 0.05) is 7.05 Å². The number of benzene rings is 2. The van der Waals surface area contributed by atoms with E-state index in [-0.39, 0.29) is 5.91 Å². The van der Waals surface area contributed by atoms with Gasteiger partial charge in [-0.25, -0.2) is 0 Å². The van der Waals surface area contributed by atoms with Crippen molar-refractivity contribution in [1.29, 1.82) is 0 Å². The van der Waals surface area contributed by atoms with Crippen molar-refractivity contribution in [2.45, 2.75) is 33.6 Å². The van der Waals surface area contributed by atoms with Crippen LogP contribution in [-0.4, -0.2) is 10.5 Å². The Morgan fingerprint density at radius 2 is 1.71 bits per heavy atom. The molecule has 1 aromatic heterocycles. The largest absolute Gasteiger partial charge is 0.319 e. The molecule has 0 spiro atoms. The molecular weight excluding hydrogens is 316 g/mol. The van der Waals surface area contributed by atoms with Crippen molar-refractivity contribution in [2.24, 2.45) is 12.0 Å². The highest BCUT2D eigenvalue weighted by Gasteiger charge is 2.07. The molecule has 0 aliphatic carbocycles. The molecule has 0 radical (unpaired) electrons. The minimum absolute atomic E-state index is 0.102. The molecule has 0 saturated carbocycles. The Morgan fingerprint density at radius 3 is 2.38 bits per heavy atom. The standard InChI is InChI=1S/C20H22N2OS/c1-5-15-6-8-16(9-7-15)12-19(23)21-20-22(4)17-10-13(2)14(3)11-18(17)24-20/h6-11H,5,12H2,1-4H3. The molecule has 3 nitrogen and oxygen atoms in total. The maximum atomic E-state index is 12.3. The zero-order valence-electron chi connectivity index (χ0n) is 14.6. The summed E-state index contributed by atoms with van der Waals surface area (Å²) in [7, 11) is 1.97. The summed E-state index contributed by atoms with van der Waals surface area (Å²) in [5.74, 6) is -0.102. The third-order valence-electron chi connectivity index (χ3n) is 4.43. The molecule has 3 rings (SSSR count). The average Bonchev–Trinajstić information content (AvgIpc) is 2.84. The molecule has 0 fully saturated rings. The van der Waals surface area contributed by atoms with Crippen LogP contribution in [0.4, 0.5) is 0 Å². The van der Waals surface area contributed by atoms with Crippen LogP contribution in [0.2, 0.25) is 0 Å². The minimum atomic E-state index is -0.102. The fourth-order valence-electron chi connectivity index (χ4n) is 2.70. The van der Waals surface area contributed by atoms with Crippen LogP contribution in [0.15, 0.2) is 41.4 Å². The van der Waals surface area contributed by atoms with Gasteiger partial charge in [-0.05, 0) is 54.7 Å². The molecule has 0 aliphatic rings. The van der Waals surface area contributed by atoms with Gasteiger partial charge in [0.15, 0.2) is 4.80 Å². The van der Waals surface area contributed by atoms with E-state index < -0.39 is 0 Å². The Labute approximate surface area is 146 Å². The minimum Gasteiger partial charge on any atom is -0.319 e. The highest BCUT2D eigenvalue weighted by Crippen LogP contribution is 2.21. The number of hydrogen-bond donors (Lipinski definition) is 0. The summed E-state index contributed by atoms with van der Waals surface area (Å²) in [5, 5.41) is 0. The Kier molecular flexibility index (Phi) is 4.67. The van der Waals surface area contributed by atoms with Gasteiger partial charge in [0.25, 0.3) is 5.91 Å². The number of amides is 1. The van der Waals surface area contributed by atoms with Gasteiger partial charge < -0.3 is 4.57 Å². The first-order valence-electron chi connectivity index (χ1n) is 8.20. The molecule has 24 heavy (non-hydrogen) atoms. The molecule has 0 saturated heterocycles. The maximum Gasteiger partial charge on any atom is 0.252 e. The van der Waals surface area contributed by atoms with E-state index in [0.717, 1.165) is 22.3 Å². The van der Waals surface area contributed by atoms with Gasteiger partial charge in [-0.3, -0.25) is 4.79 Å². The lowest BCUT2D eigenvalue weighted by Crippen LogP contribution is -2.14. The van der Waals surface area contributed by atoms with Gasteiger partial charge in [-0.1, -0.05) is 42.5 Å². The van der Waals surface area contributed by atoms with Gasteiger partial charge in [0.05, 0.1) is 16.6 Å². The van der Waals surface area contributed by atoms with Crippen molar-refractivity contribution in [2.75, 3.05) is 0 Å². The lowest BCUT2D eigenvalue weighted by molar-refractivity contribution is -0.117. The number of aryl methyl sites for hydroxylation is 4. The Morgan fingerprint density at radius 1 is 1.08 bits per heavy atom. The quantitative estimate of drug-likeness (QED) is 0.708. The van der Waals surface area contributed by atoms with E-state index in [1.54, 1.807) is 11.3 Å². The zero-order valence-corrected chi connectivity index (χ0v) is 15.4. The second kappa shape index (κ2) is 6.73. The van der Waals surface area contributed by atoms with Gasteiger partial charge >= 0.3 is 0 Å². The molecule has 1 amide bonds. The number of nitrogens with zero attached hydrogens (tertiary/aromatic N) is 2. The molecule has 2 aromatic carbocycles. The molecule has 0 N–H and O–H groups in total. The van der Waals surface area contributed by atoms with Gasteiger partial charge in [-0.2, -0.15) is 4.99 Å². The van der Waals surface area contributed by atoms with Crippen LogP contribution in [0.1, 0.15) is 29.2 Å². The maximum absolute atomic E-state index is 12.3. The highest BCUT2D eigenvalue weighted by molar-refractivity contribution is 7.16. The zero-order chi connectivity index (χ0) is 17.3. The van der Waals surface area contributed by atoms with E-state index in [2.05, 4.69) is 50.0 Å². The van der Waals surface area contributed by atoms with Crippen molar-refractivity contribution in [3.8, 4) is 0 Å². The monoisotopic (exact) mass is 338 g/mol. The number of carbonyl (C=O) groups is 1.